The summed E-state index contributed by atoms with van der Waals surface area (Å²) in [6, 6.07) is 0. The first-order valence-electron chi connectivity index (χ1n) is 3.20. The van der Waals surface area contributed by atoms with Gasteiger partial charge in [0.25, 0.3) is 0 Å². The van der Waals surface area contributed by atoms with Crippen molar-refractivity contribution in [2.75, 3.05) is 6.54 Å². The molecule has 0 saturated heterocycles. The zero-order valence-electron chi connectivity index (χ0n) is 6.55. The quantitative estimate of drug-likeness (QED) is 0.474. The van der Waals surface area contributed by atoms with Crippen molar-refractivity contribution < 1.29 is 0 Å². The third kappa shape index (κ3) is 1.16. The smallest absolute Gasteiger partial charge is 0.0613 e. The normalized spacial score (nSPS) is 23.4. The van der Waals surface area contributed by atoms with Crippen LogP contribution in [0, 0.1) is 0 Å². The third-order valence-corrected chi connectivity index (χ3v) is 3.94. The fourth-order valence-corrected chi connectivity index (χ4v) is 2.13. The van der Waals surface area contributed by atoms with E-state index in [0.29, 0.717) is 0 Å². The Kier molecular flexibility index (Phi) is 1.73. The molecule has 0 aromatic rings. The zero-order valence-corrected chi connectivity index (χ0v) is 7.37. The monoisotopic (exact) mass is 155 g/mol. The first-order valence-corrected chi connectivity index (χ1v) is 5.23. The number of hydrogen-bond acceptors (Lipinski definition) is 1. The minimum Gasteiger partial charge on any atom is -0.283 e. The van der Waals surface area contributed by atoms with E-state index in [1.54, 1.807) is 0 Å². The van der Waals surface area contributed by atoms with E-state index in [0.717, 1.165) is 6.54 Å². The molecule has 0 atom stereocenters. The molecule has 1 aliphatic heterocycles. The van der Waals surface area contributed by atoms with Crippen molar-refractivity contribution in [2.24, 2.45) is 4.99 Å². The minimum atomic E-state index is -1.12. The molecule has 1 aliphatic rings. The minimum absolute atomic E-state index is 0.839. The van der Waals surface area contributed by atoms with Crippen molar-refractivity contribution in [3.8, 4) is 0 Å². The Balaban J connectivity index is 3.23. The summed E-state index contributed by atoms with van der Waals surface area (Å²) in [5.74, 6) is 8.05. The Morgan fingerprint density at radius 2 is 2.10 bits per heavy atom. The van der Waals surface area contributed by atoms with Gasteiger partial charge in [0, 0.05) is 5.55 Å². The first-order chi connectivity index (χ1) is 4.54. The average molecular weight is 155 g/mol. The average Bonchev–Trinajstić information content (AvgIpc) is 1.83. The maximum atomic E-state index is 4.19. The Morgan fingerprint density at radius 3 is 2.50 bits per heavy atom. The van der Waals surface area contributed by atoms with E-state index < -0.39 is 9.21 Å². The van der Waals surface area contributed by atoms with Gasteiger partial charge >= 0.3 is 0 Å². The summed E-state index contributed by atoms with van der Waals surface area (Å²) in [5, 5.41) is 0. The molecule has 1 nitrogen and oxygen atoms in total. The molecule has 0 bridgehead atoms. The maximum absolute atomic E-state index is 4.19. The van der Waals surface area contributed by atoms with E-state index in [2.05, 4.69) is 30.6 Å². The molecule has 0 aromatic carbocycles. The Bertz CT molecular complexity index is 291. The van der Waals surface area contributed by atoms with Crippen molar-refractivity contribution in [1.29, 1.82) is 0 Å². The predicted molar refractivity (Wildman–Crippen MR) is 53.6 cm³/mol. The van der Waals surface area contributed by atoms with E-state index in [-0.39, 0.29) is 0 Å². The number of allylic oxidation sites excluding steroid dienone is 1. The van der Waals surface area contributed by atoms with Crippen LogP contribution in [0.3, 0.4) is 0 Å². The van der Waals surface area contributed by atoms with Gasteiger partial charge in [0.2, 0.25) is 0 Å². The van der Waals surface area contributed by atoms with Gasteiger partial charge < -0.3 is 0 Å². The van der Waals surface area contributed by atoms with E-state index in [1.807, 2.05) is 5.55 Å². The lowest BCUT2D eigenvalue weighted by Gasteiger charge is -2.16. The van der Waals surface area contributed by atoms with E-state index in [4.69, 9.17) is 0 Å². The van der Waals surface area contributed by atoms with Crippen LogP contribution in [0.25, 0.3) is 0 Å². The standard InChI is InChI=1S/C8H13NS/c1-7-5-9-6-10(3,4)8(7)2/h6H,3-5H2,1-2H3. The van der Waals surface area contributed by atoms with E-state index >= 15 is 0 Å². The van der Waals surface area contributed by atoms with E-state index in [9.17, 15) is 0 Å². The molecule has 1 rings (SSSR count). The first kappa shape index (κ1) is 7.61. The summed E-state index contributed by atoms with van der Waals surface area (Å²) in [4.78, 5) is 5.53. The molecule has 0 saturated carbocycles. The van der Waals surface area contributed by atoms with Crippen molar-refractivity contribution in [2.45, 2.75) is 13.8 Å². The molecular weight excluding hydrogens is 142 g/mol. The van der Waals surface area contributed by atoms with E-state index in [1.165, 1.54) is 10.5 Å². The van der Waals surface area contributed by atoms with Gasteiger partial charge in [-0.05, 0) is 24.3 Å². The molecule has 0 N–H and O–H groups in total. The summed E-state index contributed by atoms with van der Waals surface area (Å²) < 4.78 is 0. The molecule has 56 valence electrons. The highest BCUT2D eigenvalue weighted by Gasteiger charge is 2.05. The molecular formula is C8H13NS. The van der Waals surface area contributed by atoms with Gasteiger partial charge in [-0.2, -0.15) is 9.21 Å². The van der Waals surface area contributed by atoms with Gasteiger partial charge in [-0.25, -0.2) is 0 Å². The van der Waals surface area contributed by atoms with Gasteiger partial charge in [-0.3, -0.25) is 4.99 Å². The highest BCUT2D eigenvalue weighted by atomic mass is 32.2. The summed E-state index contributed by atoms with van der Waals surface area (Å²) in [6.07, 6.45) is 0. The van der Waals surface area contributed by atoms with Crippen LogP contribution in [-0.2, 0) is 0 Å². The fourth-order valence-electron chi connectivity index (χ4n) is 0.854. The van der Waals surface area contributed by atoms with Crippen LogP contribution in [0.2, 0.25) is 0 Å². The van der Waals surface area contributed by atoms with Gasteiger partial charge in [-0.15, -0.1) is 0 Å². The third-order valence-electron chi connectivity index (χ3n) is 1.82. The molecule has 0 aliphatic carbocycles. The lowest BCUT2D eigenvalue weighted by Crippen LogP contribution is -1.97. The Labute approximate surface area is 63.0 Å². The summed E-state index contributed by atoms with van der Waals surface area (Å²) >= 11 is 0. The van der Waals surface area contributed by atoms with Crippen molar-refractivity contribution >= 4 is 26.5 Å². The topological polar surface area (TPSA) is 12.4 Å². The second-order valence-electron chi connectivity index (χ2n) is 2.73. The van der Waals surface area contributed by atoms with Crippen molar-refractivity contribution in [3.63, 3.8) is 0 Å². The lowest BCUT2D eigenvalue weighted by atomic mass is 10.3. The molecule has 10 heavy (non-hydrogen) atoms. The molecule has 2 heteroatoms. The Hall–Kier alpha value is -0.500. The second kappa shape index (κ2) is 2.27. The maximum Gasteiger partial charge on any atom is 0.0613 e. The highest BCUT2D eigenvalue weighted by Crippen LogP contribution is 2.32. The number of rotatable bonds is 0. The molecule has 0 spiro atoms. The predicted octanol–water partition coefficient (Wildman–Crippen LogP) is 1.99. The largest absolute Gasteiger partial charge is 0.283 e. The van der Waals surface area contributed by atoms with Crippen LogP contribution in [0.15, 0.2) is 15.5 Å². The molecule has 0 amide bonds. The lowest BCUT2D eigenvalue weighted by molar-refractivity contribution is 1.13. The fraction of sp³-hybridized carbons (Fsp3) is 0.375. The zero-order chi connectivity index (χ0) is 7.78. The van der Waals surface area contributed by atoms with Gasteiger partial charge in [-0.1, -0.05) is 11.7 Å². The molecule has 0 fully saturated rings. The number of nitrogens with zero attached hydrogens (tertiary/aromatic N) is 1. The molecule has 1 heterocycles. The SMILES string of the molecule is C=S1(=C)C=NCC(C)=C1C. The van der Waals surface area contributed by atoms with Crippen molar-refractivity contribution in [3.05, 3.63) is 10.5 Å². The van der Waals surface area contributed by atoms with Crippen LogP contribution in [0.5, 0.6) is 0 Å². The second-order valence-corrected chi connectivity index (χ2v) is 5.44. The van der Waals surface area contributed by atoms with Gasteiger partial charge in [0.15, 0.2) is 0 Å². The van der Waals surface area contributed by atoms with Crippen LogP contribution in [-0.4, -0.2) is 23.8 Å². The van der Waals surface area contributed by atoms with Crippen LogP contribution >= 0.6 is 9.21 Å². The highest BCUT2D eigenvalue weighted by molar-refractivity contribution is 8.41. The van der Waals surface area contributed by atoms with Gasteiger partial charge in [0.1, 0.15) is 0 Å². The molecule has 0 radical (unpaired) electrons. The van der Waals surface area contributed by atoms with Gasteiger partial charge in [0.05, 0.1) is 6.54 Å². The van der Waals surface area contributed by atoms with Crippen LogP contribution in [0.1, 0.15) is 13.8 Å². The molecule has 0 aromatic heterocycles. The number of hydrogen-bond donors (Lipinski definition) is 0. The summed E-state index contributed by atoms with van der Waals surface area (Å²) in [5.41, 5.74) is 3.25. The summed E-state index contributed by atoms with van der Waals surface area (Å²) in [7, 11) is -1.12. The van der Waals surface area contributed by atoms with Crippen LogP contribution < -0.4 is 0 Å². The molecule has 0 unspecified atom stereocenters. The van der Waals surface area contributed by atoms with Crippen LogP contribution in [0.4, 0.5) is 0 Å². The number of aliphatic imine (C=N–C) groups is 1. The Morgan fingerprint density at radius 1 is 1.50 bits per heavy atom. The van der Waals surface area contributed by atoms with Crippen molar-refractivity contribution in [1.82, 2.24) is 0 Å². The summed E-state index contributed by atoms with van der Waals surface area (Å²) in [6.45, 7) is 5.05.